The molecule has 2 rings (SSSR count). The van der Waals surface area contributed by atoms with E-state index in [9.17, 15) is 14.3 Å². The summed E-state index contributed by atoms with van der Waals surface area (Å²) in [5, 5.41) is 9.70. The van der Waals surface area contributed by atoms with Gasteiger partial charge < -0.3 is 9.84 Å². The normalized spacial score (nSPS) is 22.6. The minimum Gasteiger partial charge on any atom is -0.512 e. The van der Waals surface area contributed by atoms with Gasteiger partial charge >= 0.3 is 5.97 Å². The standard InChI is InChI=1S/C16H19FO3/c1-11(2)16(10-13(18)9-15(19)20-16)8-7-12-5-3-4-6-14(12)17/h3-6,9,11,18H,7-8,10H2,1-2H3. The van der Waals surface area contributed by atoms with Crippen LogP contribution in [0, 0.1) is 11.7 Å². The van der Waals surface area contributed by atoms with Crippen molar-refractivity contribution >= 4 is 5.97 Å². The summed E-state index contributed by atoms with van der Waals surface area (Å²) in [6, 6.07) is 6.57. The zero-order valence-electron chi connectivity index (χ0n) is 11.7. The lowest BCUT2D eigenvalue weighted by atomic mass is 9.80. The number of esters is 1. The first kappa shape index (κ1) is 14.6. The van der Waals surface area contributed by atoms with Gasteiger partial charge in [0, 0.05) is 6.42 Å². The lowest BCUT2D eigenvalue weighted by molar-refractivity contribution is -0.163. The maximum absolute atomic E-state index is 13.7. The Hall–Kier alpha value is -1.84. The molecule has 0 aliphatic carbocycles. The molecule has 0 saturated heterocycles. The summed E-state index contributed by atoms with van der Waals surface area (Å²) in [6.45, 7) is 3.88. The number of carbonyl (C=O) groups is 1. The molecule has 0 radical (unpaired) electrons. The van der Waals surface area contributed by atoms with E-state index in [1.165, 1.54) is 6.07 Å². The van der Waals surface area contributed by atoms with Crippen molar-refractivity contribution in [2.75, 3.05) is 0 Å². The summed E-state index contributed by atoms with van der Waals surface area (Å²) in [5.41, 5.74) is -0.171. The molecular weight excluding hydrogens is 259 g/mol. The Kier molecular flexibility index (Phi) is 4.12. The molecule has 0 bridgehead atoms. The number of carbonyl (C=O) groups excluding carboxylic acids is 1. The van der Waals surface area contributed by atoms with E-state index in [0.717, 1.165) is 6.08 Å². The summed E-state index contributed by atoms with van der Waals surface area (Å²) < 4.78 is 19.1. The Balaban J connectivity index is 2.17. The van der Waals surface area contributed by atoms with Gasteiger partial charge in [-0.3, -0.25) is 0 Å². The molecule has 1 heterocycles. The molecule has 108 valence electrons. The van der Waals surface area contributed by atoms with E-state index < -0.39 is 11.6 Å². The summed E-state index contributed by atoms with van der Waals surface area (Å²) in [7, 11) is 0. The number of benzene rings is 1. The largest absolute Gasteiger partial charge is 0.512 e. The first-order valence-corrected chi connectivity index (χ1v) is 6.79. The quantitative estimate of drug-likeness (QED) is 0.857. The van der Waals surface area contributed by atoms with E-state index in [0.29, 0.717) is 18.4 Å². The number of aliphatic hydroxyl groups is 1. The number of hydrogen-bond acceptors (Lipinski definition) is 3. The maximum Gasteiger partial charge on any atom is 0.334 e. The van der Waals surface area contributed by atoms with Crippen molar-refractivity contribution in [3.63, 3.8) is 0 Å². The van der Waals surface area contributed by atoms with Crippen LogP contribution in [0.1, 0.15) is 32.3 Å². The Bertz CT molecular complexity index is 536. The fourth-order valence-electron chi connectivity index (χ4n) is 2.56. The number of aliphatic hydroxyl groups excluding tert-OH is 1. The molecule has 0 aromatic heterocycles. The van der Waals surface area contributed by atoms with Gasteiger partial charge in [-0.05, 0) is 30.4 Å². The van der Waals surface area contributed by atoms with E-state index in [2.05, 4.69) is 0 Å². The maximum atomic E-state index is 13.7. The van der Waals surface area contributed by atoms with E-state index in [1.807, 2.05) is 13.8 Å². The van der Waals surface area contributed by atoms with Gasteiger partial charge in [0.05, 0.1) is 6.08 Å². The number of halogens is 1. The van der Waals surface area contributed by atoms with Crippen molar-refractivity contribution < 1.29 is 19.0 Å². The number of hydrogen-bond donors (Lipinski definition) is 1. The monoisotopic (exact) mass is 278 g/mol. The van der Waals surface area contributed by atoms with Crippen molar-refractivity contribution in [3.05, 3.63) is 47.5 Å². The first-order chi connectivity index (χ1) is 9.43. The minimum atomic E-state index is -0.766. The van der Waals surface area contributed by atoms with Crippen LogP contribution in [0.3, 0.4) is 0 Å². The van der Waals surface area contributed by atoms with Crippen molar-refractivity contribution in [1.29, 1.82) is 0 Å². The molecule has 1 aliphatic heterocycles. The first-order valence-electron chi connectivity index (χ1n) is 6.79. The van der Waals surface area contributed by atoms with E-state index in [4.69, 9.17) is 4.74 Å². The summed E-state index contributed by atoms with van der Waals surface area (Å²) >= 11 is 0. The highest BCUT2D eigenvalue weighted by atomic mass is 19.1. The molecule has 3 nitrogen and oxygen atoms in total. The lowest BCUT2D eigenvalue weighted by Crippen LogP contribution is -2.43. The minimum absolute atomic E-state index is 0.0310. The fraction of sp³-hybridized carbons (Fsp3) is 0.438. The van der Waals surface area contributed by atoms with Gasteiger partial charge in [0.15, 0.2) is 0 Å². The molecule has 1 aliphatic rings. The highest BCUT2D eigenvalue weighted by Crippen LogP contribution is 2.36. The molecule has 4 heteroatoms. The van der Waals surface area contributed by atoms with Crippen molar-refractivity contribution in [1.82, 2.24) is 0 Å². The van der Waals surface area contributed by atoms with Crippen molar-refractivity contribution in [2.45, 2.75) is 38.7 Å². The Labute approximate surface area is 118 Å². The molecule has 0 saturated carbocycles. The van der Waals surface area contributed by atoms with Crippen LogP contribution in [0.5, 0.6) is 0 Å². The zero-order chi connectivity index (χ0) is 14.8. The summed E-state index contributed by atoms with van der Waals surface area (Å²) in [5.74, 6) is -0.721. The van der Waals surface area contributed by atoms with Gasteiger partial charge in [0.2, 0.25) is 0 Å². The van der Waals surface area contributed by atoms with E-state index in [1.54, 1.807) is 18.2 Å². The third-order valence-electron chi connectivity index (χ3n) is 3.90. The third kappa shape index (κ3) is 3.00. The van der Waals surface area contributed by atoms with Crippen LogP contribution in [0.25, 0.3) is 0 Å². The van der Waals surface area contributed by atoms with Crippen LogP contribution >= 0.6 is 0 Å². The van der Waals surface area contributed by atoms with Crippen LogP contribution in [-0.2, 0) is 16.0 Å². The van der Waals surface area contributed by atoms with Gasteiger partial charge in [-0.2, -0.15) is 0 Å². The molecule has 0 amide bonds. The van der Waals surface area contributed by atoms with Crippen LogP contribution < -0.4 is 0 Å². The second-order valence-electron chi connectivity index (χ2n) is 5.54. The van der Waals surface area contributed by atoms with E-state index in [-0.39, 0.29) is 23.9 Å². The van der Waals surface area contributed by atoms with Crippen molar-refractivity contribution in [3.8, 4) is 0 Å². The third-order valence-corrected chi connectivity index (χ3v) is 3.90. The number of cyclic esters (lactones) is 1. The van der Waals surface area contributed by atoms with Crippen LogP contribution in [0.15, 0.2) is 36.1 Å². The van der Waals surface area contributed by atoms with Crippen LogP contribution in [0.4, 0.5) is 4.39 Å². The predicted octanol–water partition coefficient (Wildman–Crippen LogP) is 3.54. The van der Waals surface area contributed by atoms with Gasteiger partial charge in [-0.1, -0.05) is 32.0 Å². The molecule has 1 N–H and O–H groups in total. The van der Waals surface area contributed by atoms with Gasteiger partial charge in [-0.15, -0.1) is 0 Å². The summed E-state index contributed by atoms with van der Waals surface area (Å²) in [4.78, 5) is 11.5. The van der Waals surface area contributed by atoms with E-state index >= 15 is 0 Å². The highest BCUT2D eigenvalue weighted by molar-refractivity contribution is 5.83. The van der Waals surface area contributed by atoms with Crippen LogP contribution in [0.2, 0.25) is 0 Å². The fourth-order valence-corrected chi connectivity index (χ4v) is 2.56. The smallest absolute Gasteiger partial charge is 0.334 e. The SMILES string of the molecule is CC(C)C1(CCc2ccccc2F)CC(O)=CC(=O)O1. The number of aryl methyl sites for hydroxylation is 1. The van der Waals surface area contributed by atoms with Crippen LogP contribution in [-0.4, -0.2) is 16.7 Å². The lowest BCUT2D eigenvalue weighted by Gasteiger charge is -2.39. The predicted molar refractivity (Wildman–Crippen MR) is 73.7 cm³/mol. The topological polar surface area (TPSA) is 46.5 Å². The molecule has 20 heavy (non-hydrogen) atoms. The molecular formula is C16H19FO3. The molecule has 1 aromatic rings. The number of ether oxygens (including phenoxy) is 1. The highest BCUT2D eigenvalue weighted by Gasteiger charge is 2.41. The Morgan fingerprint density at radius 2 is 2.10 bits per heavy atom. The van der Waals surface area contributed by atoms with Gasteiger partial charge in [-0.25, -0.2) is 9.18 Å². The Morgan fingerprint density at radius 3 is 2.70 bits per heavy atom. The molecule has 0 spiro atoms. The average molecular weight is 278 g/mol. The molecule has 1 aromatic carbocycles. The Morgan fingerprint density at radius 1 is 1.40 bits per heavy atom. The zero-order valence-corrected chi connectivity index (χ0v) is 11.7. The molecule has 1 atom stereocenters. The molecule has 1 unspecified atom stereocenters. The van der Waals surface area contributed by atoms with Gasteiger partial charge in [0.1, 0.15) is 17.2 Å². The number of rotatable bonds is 4. The second-order valence-corrected chi connectivity index (χ2v) is 5.54. The second kappa shape index (κ2) is 5.65. The van der Waals surface area contributed by atoms with Crippen molar-refractivity contribution in [2.24, 2.45) is 5.92 Å². The average Bonchev–Trinajstić information content (AvgIpc) is 2.36. The molecule has 0 fully saturated rings. The summed E-state index contributed by atoms with van der Waals surface area (Å²) in [6.07, 6.45) is 2.33. The van der Waals surface area contributed by atoms with Gasteiger partial charge in [0.25, 0.3) is 0 Å².